The highest BCUT2D eigenvalue weighted by molar-refractivity contribution is 7.68. The molecule has 0 unspecified atom stereocenters. The molecule has 248 valence electrons. The van der Waals surface area contributed by atoms with Crippen LogP contribution in [0, 0.1) is 35.5 Å². The Balaban J connectivity index is 1.18. The molecule has 2 aromatic heterocycles. The lowest BCUT2D eigenvalue weighted by atomic mass is 9.55. The molecular formula is C44H47N4P. The van der Waals surface area contributed by atoms with E-state index in [1.54, 1.807) is 5.44 Å². The number of rotatable bonds is 7. The highest BCUT2D eigenvalue weighted by Crippen LogP contribution is 2.78. The standard InChI is InChI=1S/C44H47N4P/c1-4-10-36(11-5-1)40-42(41(37-12-6-2-7-13-37)47(46-40)38-14-8-3-9-15-38)48-39(16-17-45-48)49(43-24-30-18-31(25-43)20-32(19-30)26-43)44-27-33-21-34(28-44)23-35(22-33)29-44/h1-17,30-35H,18-29H2. The summed E-state index contributed by atoms with van der Waals surface area (Å²) in [4.78, 5) is 0. The van der Waals surface area contributed by atoms with Crippen LogP contribution in [0.1, 0.15) is 77.0 Å². The zero-order valence-corrected chi connectivity index (χ0v) is 29.4. The van der Waals surface area contributed by atoms with Gasteiger partial charge in [-0.15, -0.1) is 0 Å². The first-order valence-corrected chi connectivity index (χ1v) is 20.6. The third-order valence-corrected chi connectivity index (χ3v) is 17.8. The summed E-state index contributed by atoms with van der Waals surface area (Å²) in [6.07, 6.45) is 20.0. The van der Waals surface area contributed by atoms with Gasteiger partial charge in [0.2, 0.25) is 0 Å². The molecule has 2 heterocycles. The predicted molar refractivity (Wildman–Crippen MR) is 200 cm³/mol. The average Bonchev–Trinajstić information content (AvgIpc) is 3.73. The Morgan fingerprint density at radius 1 is 0.510 bits per heavy atom. The van der Waals surface area contributed by atoms with Crippen molar-refractivity contribution in [1.29, 1.82) is 0 Å². The maximum absolute atomic E-state index is 5.53. The van der Waals surface area contributed by atoms with E-state index in [4.69, 9.17) is 10.2 Å². The number of aromatic nitrogens is 4. The van der Waals surface area contributed by atoms with Crippen molar-refractivity contribution < 1.29 is 0 Å². The number of hydrogen-bond acceptors (Lipinski definition) is 2. The van der Waals surface area contributed by atoms with E-state index in [1.165, 1.54) is 82.6 Å². The summed E-state index contributed by atoms with van der Waals surface area (Å²) in [7, 11) is -0.455. The van der Waals surface area contributed by atoms with E-state index >= 15 is 0 Å². The van der Waals surface area contributed by atoms with Crippen LogP contribution in [0.25, 0.3) is 33.9 Å². The highest BCUT2D eigenvalue weighted by Gasteiger charge is 2.63. The second-order valence-corrected chi connectivity index (χ2v) is 20.3. The second kappa shape index (κ2) is 11.0. The molecule has 8 bridgehead atoms. The van der Waals surface area contributed by atoms with Crippen LogP contribution < -0.4 is 5.44 Å². The number of para-hydroxylation sites is 1. The molecule has 8 aliphatic rings. The zero-order chi connectivity index (χ0) is 32.2. The molecule has 3 aromatic carbocycles. The van der Waals surface area contributed by atoms with Crippen molar-refractivity contribution in [3.63, 3.8) is 0 Å². The third kappa shape index (κ3) is 4.58. The van der Waals surface area contributed by atoms with Crippen LogP contribution in [0.4, 0.5) is 0 Å². The summed E-state index contributed by atoms with van der Waals surface area (Å²) in [5.41, 5.74) is 8.30. The molecule has 0 spiro atoms. The van der Waals surface area contributed by atoms with Gasteiger partial charge >= 0.3 is 0 Å². The molecule has 0 atom stereocenters. The lowest BCUT2D eigenvalue weighted by molar-refractivity contribution is 0.0194. The van der Waals surface area contributed by atoms with Gasteiger partial charge in [-0.2, -0.15) is 10.2 Å². The molecular weight excluding hydrogens is 615 g/mol. The monoisotopic (exact) mass is 662 g/mol. The van der Waals surface area contributed by atoms with E-state index in [-0.39, 0.29) is 0 Å². The minimum absolute atomic E-state index is 0.455. The first-order valence-electron chi connectivity index (χ1n) is 19.3. The van der Waals surface area contributed by atoms with Gasteiger partial charge in [0, 0.05) is 11.1 Å². The summed E-state index contributed by atoms with van der Waals surface area (Å²) >= 11 is 0. The van der Waals surface area contributed by atoms with Gasteiger partial charge in [-0.3, -0.25) is 0 Å². The summed E-state index contributed by atoms with van der Waals surface area (Å²) in [6.45, 7) is 0. The van der Waals surface area contributed by atoms with Crippen LogP contribution in [0.15, 0.2) is 103 Å². The molecule has 0 saturated heterocycles. The van der Waals surface area contributed by atoms with Crippen molar-refractivity contribution in [3.8, 4) is 33.9 Å². The lowest BCUT2D eigenvalue weighted by Crippen LogP contribution is -2.58. The Morgan fingerprint density at radius 3 is 1.45 bits per heavy atom. The molecule has 0 aliphatic heterocycles. The highest BCUT2D eigenvalue weighted by atomic mass is 31.1. The summed E-state index contributed by atoms with van der Waals surface area (Å²) < 4.78 is 4.68. The van der Waals surface area contributed by atoms with Crippen molar-refractivity contribution >= 4 is 13.4 Å². The number of nitrogens with zero attached hydrogens (tertiary/aromatic N) is 4. The quantitative estimate of drug-likeness (QED) is 0.163. The smallest absolute Gasteiger partial charge is 0.120 e. The van der Waals surface area contributed by atoms with Crippen molar-refractivity contribution in [2.75, 3.05) is 0 Å². The number of benzene rings is 3. The van der Waals surface area contributed by atoms with Crippen molar-refractivity contribution in [3.05, 3.63) is 103 Å². The first kappa shape index (κ1) is 29.3. The molecule has 8 fully saturated rings. The first-order chi connectivity index (χ1) is 24.1. The average molecular weight is 663 g/mol. The maximum atomic E-state index is 5.53. The molecule has 0 radical (unpaired) electrons. The minimum Gasteiger partial charge on any atom is -0.230 e. The fraction of sp³-hybridized carbons (Fsp3) is 0.455. The van der Waals surface area contributed by atoms with Crippen molar-refractivity contribution in [1.82, 2.24) is 19.6 Å². The predicted octanol–water partition coefficient (Wildman–Crippen LogP) is 10.4. The minimum atomic E-state index is -0.455. The van der Waals surface area contributed by atoms with E-state index in [1.807, 2.05) is 0 Å². The Labute approximate surface area is 292 Å². The molecule has 8 aliphatic carbocycles. The van der Waals surface area contributed by atoms with E-state index in [9.17, 15) is 0 Å². The molecule has 5 heteroatoms. The van der Waals surface area contributed by atoms with E-state index in [2.05, 4.69) is 113 Å². The summed E-state index contributed by atoms with van der Waals surface area (Å²) in [6, 6.07) is 35.2. The molecule has 5 aromatic rings. The van der Waals surface area contributed by atoms with Gasteiger partial charge in [0.25, 0.3) is 0 Å². The van der Waals surface area contributed by atoms with Crippen LogP contribution in [0.2, 0.25) is 0 Å². The topological polar surface area (TPSA) is 35.6 Å². The lowest BCUT2D eigenvalue weighted by Gasteiger charge is -2.67. The molecule has 13 rings (SSSR count). The third-order valence-electron chi connectivity index (χ3n) is 14.0. The molecule has 0 N–H and O–H groups in total. The van der Waals surface area contributed by atoms with Gasteiger partial charge in [-0.05, 0) is 149 Å². The summed E-state index contributed by atoms with van der Waals surface area (Å²) in [5.74, 6) is 5.68. The van der Waals surface area contributed by atoms with E-state index in [0.29, 0.717) is 10.3 Å². The van der Waals surface area contributed by atoms with Gasteiger partial charge in [0.05, 0.1) is 17.3 Å². The van der Waals surface area contributed by atoms with Gasteiger partial charge in [0.15, 0.2) is 0 Å². The van der Waals surface area contributed by atoms with Crippen LogP contribution in [0.3, 0.4) is 0 Å². The molecule has 0 amide bonds. The zero-order valence-electron chi connectivity index (χ0n) is 28.5. The van der Waals surface area contributed by atoms with Crippen LogP contribution in [-0.2, 0) is 0 Å². The van der Waals surface area contributed by atoms with Gasteiger partial charge in [0.1, 0.15) is 17.1 Å². The molecule has 4 nitrogen and oxygen atoms in total. The maximum Gasteiger partial charge on any atom is 0.120 e. The van der Waals surface area contributed by atoms with Gasteiger partial charge < -0.3 is 0 Å². The fourth-order valence-corrected chi connectivity index (χ4v) is 18.5. The van der Waals surface area contributed by atoms with Crippen LogP contribution in [-0.4, -0.2) is 29.9 Å². The van der Waals surface area contributed by atoms with Gasteiger partial charge in [-0.25, -0.2) is 9.36 Å². The van der Waals surface area contributed by atoms with Crippen LogP contribution in [0.5, 0.6) is 0 Å². The van der Waals surface area contributed by atoms with E-state index in [0.717, 1.165) is 63.8 Å². The second-order valence-electron chi connectivity index (χ2n) is 17.2. The molecule has 49 heavy (non-hydrogen) atoms. The Morgan fingerprint density at radius 2 is 0.959 bits per heavy atom. The Kier molecular flexibility index (Phi) is 6.57. The fourth-order valence-electron chi connectivity index (χ4n) is 13.3. The van der Waals surface area contributed by atoms with E-state index < -0.39 is 7.92 Å². The van der Waals surface area contributed by atoms with Crippen molar-refractivity contribution in [2.24, 2.45) is 35.5 Å². The summed E-state index contributed by atoms with van der Waals surface area (Å²) in [5, 5.41) is 11.9. The Hall–Kier alpha value is -3.49. The van der Waals surface area contributed by atoms with Crippen LogP contribution >= 0.6 is 7.92 Å². The normalized spacial score (nSPS) is 34.4. The largest absolute Gasteiger partial charge is 0.230 e. The molecule has 8 saturated carbocycles. The number of hydrogen-bond donors (Lipinski definition) is 0. The van der Waals surface area contributed by atoms with Gasteiger partial charge in [-0.1, -0.05) is 78.9 Å². The SMILES string of the molecule is c1ccc(-c2nn(-c3ccccc3)c(-c3ccccc3)c2-n2nccc2P(C23CC4CC(CC(C4)C2)C3)C23CC4CC(CC(C4)C2)C3)cc1. The Bertz CT molecular complexity index is 1880. The van der Waals surface area contributed by atoms with Crippen molar-refractivity contribution in [2.45, 2.75) is 87.4 Å².